The molecule has 1 amide bonds. The Kier molecular flexibility index (Phi) is 5.04. The Morgan fingerprint density at radius 2 is 2.35 bits per heavy atom. The largest absolute Gasteiger partial charge is 0.348 e. The lowest BCUT2D eigenvalue weighted by Gasteiger charge is -2.28. The summed E-state index contributed by atoms with van der Waals surface area (Å²) in [6.45, 7) is 2.54. The molecule has 0 saturated heterocycles. The van der Waals surface area contributed by atoms with Crippen LogP contribution < -0.4 is 11.1 Å². The Hall–Kier alpha value is -0.650. The van der Waals surface area contributed by atoms with Gasteiger partial charge < -0.3 is 11.1 Å². The molecule has 3 N–H and O–H groups in total. The number of thiazole rings is 1. The lowest BCUT2D eigenvalue weighted by atomic mass is 9.84. The highest BCUT2D eigenvalue weighted by molar-refractivity contribution is 7.09. The van der Waals surface area contributed by atoms with E-state index in [1.165, 1.54) is 37.0 Å². The molecule has 0 spiro atoms. The zero-order valence-electron chi connectivity index (χ0n) is 11.7. The highest BCUT2D eigenvalue weighted by Crippen LogP contribution is 2.49. The third-order valence-corrected chi connectivity index (χ3v) is 5.62. The molecule has 4 nitrogen and oxygen atoms in total. The van der Waals surface area contributed by atoms with E-state index in [0.29, 0.717) is 18.2 Å². The summed E-state index contributed by atoms with van der Waals surface area (Å²) in [5, 5.41) is 5.74. The third kappa shape index (κ3) is 3.00. The second-order valence-corrected chi connectivity index (χ2v) is 6.87. The average Bonchev–Trinajstić information content (AvgIpc) is 3.13. The zero-order chi connectivity index (χ0) is 13.4. The normalized spacial score (nSPS) is 29.0. The summed E-state index contributed by atoms with van der Waals surface area (Å²) >= 11 is 1.45. The number of fused-ring (bicyclic) bond motifs is 2. The molecule has 4 unspecified atom stereocenters. The van der Waals surface area contributed by atoms with E-state index in [2.05, 4.69) is 17.2 Å². The van der Waals surface area contributed by atoms with E-state index in [0.717, 1.165) is 16.8 Å². The predicted octanol–water partition coefficient (Wildman–Crippen LogP) is 2.58. The molecule has 2 fully saturated rings. The van der Waals surface area contributed by atoms with Gasteiger partial charge >= 0.3 is 0 Å². The molecular formula is C14H22ClN3OS. The van der Waals surface area contributed by atoms with Crippen molar-refractivity contribution >= 4 is 29.7 Å². The quantitative estimate of drug-likeness (QED) is 0.897. The van der Waals surface area contributed by atoms with E-state index in [9.17, 15) is 4.79 Å². The van der Waals surface area contributed by atoms with Crippen LogP contribution >= 0.6 is 23.7 Å². The number of amides is 1. The third-order valence-electron chi connectivity index (χ3n) is 4.75. The van der Waals surface area contributed by atoms with Crippen LogP contribution in [-0.4, -0.2) is 16.9 Å². The van der Waals surface area contributed by atoms with Gasteiger partial charge in [-0.2, -0.15) is 0 Å². The lowest BCUT2D eigenvalue weighted by Crippen LogP contribution is -2.40. The van der Waals surface area contributed by atoms with Gasteiger partial charge in [0.2, 0.25) is 0 Å². The predicted molar refractivity (Wildman–Crippen MR) is 83.1 cm³/mol. The molecule has 2 aliphatic rings. The van der Waals surface area contributed by atoms with Crippen LogP contribution in [-0.2, 0) is 6.54 Å². The molecule has 2 bridgehead atoms. The van der Waals surface area contributed by atoms with Crippen molar-refractivity contribution in [1.29, 1.82) is 0 Å². The zero-order valence-corrected chi connectivity index (χ0v) is 13.3. The summed E-state index contributed by atoms with van der Waals surface area (Å²) < 4.78 is 0. The average molecular weight is 316 g/mol. The maximum atomic E-state index is 12.1. The van der Waals surface area contributed by atoms with Crippen LogP contribution in [0.3, 0.4) is 0 Å². The number of nitrogens with two attached hydrogens (primary N) is 1. The number of nitrogens with zero attached hydrogens (tertiary/aromatic N) is 1. The number of aromatic nitrogens is 1. The van der Waals surface area contributed by atoms with Crippen LogP contribution in [0, 0.1) is 17.8 Å². The molecule has 0 aromatic carbocycles. The first-order valence-corrected chi connectivity index (χ1v) is 8.00. The van der Waals surface area contributed by atoms with E-state index in [1.807, 2.05) is 0 Å². The van der Waals surface area contributed by atoms with Gasteiger partial charge in [0, 0.05) is 18.0 Å². The van der Waals surface area contributed by atoms with Gasteiger partial charge in [-0.15, -0.1) is 23.7 Å². The van der Waals surface area contributed by atoms with Crippen LogP contribution in [0.25, 0.3) is 0 Å². The topological polar surface area (TPSA) is 68.0 Å². The first-order valence-electron chi connectivity index (χ1n) is 7.12. The number of rotatable bonds is 4. The van der Waals surface area contributed by atoms with E-state index < -0.39 is 0 Å². The summed E-state index contributed by atoms with van der Waals surface area (Å²) in [5.41, 5.74) is 6.04. The van der Waals surface area contributed by atoms with Crippen molar-refractivity contribution in [3.05, 3.63) is 16.1 Å². The second kappa shape index (κ2) is 6.41. The Bertz CT molecular complexity index is 479. The Balaban J connectivity index is 0.00000147. The molecular weight excluding hydrogens is 294 g/mol. The monoisotopic (exact) mass is 315 g/mol. The molecule has 1 aromatic heterocycles. The molecule has 3 rings (SSSR count). The van der Waals surface area contributed by atoms with Gasteiger partial charge in [-0.05, 0) is 43.9 Å². The Morgan fingerprint density at radius 1 is 1.55 bits per heavy atom. The van der Waals surface area contributed by atoms with Crippen molar-refractivity contribution in [2.45, 2.75) is 45.2 Å². The fraction of sp³-hybridized carbons (Fsp3) is 0.714. The fourth-order valence-corrected chi connectivity index (χ4v) is 4.46. The summed E-state index contributed by atoms with van der Waals surface area (Å²) in [6, 6.07) is 0.255. The Labute approximate surface area is 129 Å². The fourth-order valence-electron chi connectivity index (χ4n) is 3.80. The van der Waals surface area contributed by atoms with Crippen molar-refractivity contribution in [2.75, 3.05) is 0 Å². The molecule has 2 aliphatic carbocycles. The summed E-state index contributed by atoms with van der Waals surface area (Å²) in [5.74, 6) is 2.36. The van der Waals surface area contributed by atoms with E-state index in [-0.39, 0.29) is 24.4 Å². The summed E-state index contributed by atoms with van der Waals surface area (Å²) in [6.07, 6.45) is 5.41. The maximum absolute atomic E-state index is 12.1. The second-order valence-electron chi connectivity index (χ2n) is 5.93. The molecule has 4 atom stereocenters. The number of halogens is 1. The van der Waals surface area contributed by atoms with Gasteiger partial charge in [0.1, 0.15) is 10.7 Å². The first-order chi connectivity index (χ1) is 9.17. The van der Waals surface area contributed by atoms with Gasteiger partial charge in [0.05, 0.1) is 0 Å². The van der Waals surface area contributed by atoms with Crippen molar-refractivity contribution < 1.29 is 4.79 Å². The minimum atomic E-state index is -0.0498. The number of carbonyl (C=O) groups is 1. The molecule has 0 radical (unpaired) electrons. The van der Waals surface area contributed by atoms with Crippen molar-refractivity contribution in [3.63, 3.8) is 0 Å². The van der Waals surface area contributed by atoms with Crippen LogP contribution in [0.2, 0.25) is 0 Å². The van der Waals surface area contributed by atoms with Gasteiger partial charge in [-0.3, -0.25) is 4.79 Å². The number of nitrogens with one attached hydrogen (secondary N) is 1. The molecule has 6 heteroatoms. The molecule has 1 aromatic rings. The smallest absolute Gasteiger partial charge is 0.270 e. The minimum Gasteiger partial charge on any atom is -0.348 e. The van der Waals surface area contributed by atoms with Gasteiger partial charge in [-0.1, -0.05) is 6.42 Å². The van der Waals surface area contributed by atoms with Crippen LogP contribution in [0.5, 0.6) is 0 Å². The van der Waals surface area contributed by atoms with Gasteiger partial charge in [0.15, 0.2) is 0 Å². The van der Waals surface area contributed by atoms with E-state index >= 15 is 0 Å². The molecule has 112 valence electrons. The highest BCUT2D eigenvalue weighted by Gasteiger charge is 2.42. The molecule has 2 saturated carbocycles. The number of carbonyl (C=O) groups excluding carboxylic acids is 1. The molecule has 20 heavy (non-hydrogen) atoms. The van der Waals surface area contributed by atoms with Gasteiger partial charge in [-0.25, -0.2) is 4.98 Å². The van der Waals surface area contributed by atoms with Crippen LogP contribution in [0.15, 0.2) is 5.38 Å². The number of hydrogen-bond acceptors (Lipinski definition) is 4. The van der Waals surface area contributed by atoms with Crippen LogP contribution in [0.4, 0.5) is 0 Å². The van der Waals surface area contributed by atoms with Crippen molar-refractivity contribution in [3.8, 4) is 0 Å². The SMILES string of the molecule is CC(NC(=O)c1csc(CN)n1)C1CC2CCC1C2.Cl. The molecule has 1 heterocycles. The van der Waals surface area contributed by atoms with Crippen LogP contribution in [0.1, 0.15) is 48.1 Å². The van der Waals surface area contributed by atoms with E-state index in [1.54, 1.807) is 5.38 Å². The maximum Gasteiger partial charge on any atom is 0.270 e. The summed E-state index contributed by atoms with van der Waals surface area (Å²) in [7, 11) is 0. The summed E-state index contributed by atoms with van der Waals surface area (Å²) in [4.78, 5) is 16.4. The molecule has 0 aliphatic heterocycles. The highest BCUT2D eigenvalue weighted by atomic mass is 35.5. The van der Waals surface area contributed by atoms with E-state index in [4.69, 9.17) is 5.73 Å². The van der Waals surface area contributed by atoms with Crippen molar-refractivity contribution in [2.24, 2.45) is 23.5 Å². The first kappa shape index (κ1) is 15.7. The number of hydrogen-bond donors (Lipinski definition) is 2. The standard InChI is InChI=1S/C14H21N3OS.ClH/c1-8(11-5-9-2-3-10(11)4-9)16-14(18)12-7-19-13(6-15)17-12;/h7-11H,2-6,15H2,1H3,(H,16,18);1H. The lowest BCUT2D eigenvalue weighted by molar-refractivity contribution is 0.0910. The Morgan fingerprint density at radius 3 is 2.90 bits per heavy atom. The van der Waals surface area contributed by atoms with Crippen molar-refractivity contribution in [1.82, 2.24) is 10.3 Å². The minimum absolute atomic E-state index is 0. The van der Waals surface area contributed by atoms with Gasteiger partial charge in [0.25, 0.3) is 5.91 Å².